The van der Waals surface area contributed by atoms with Gasteiger partial charge in [0.15, 0.2) is 0 Å². The molecule has 3 aromatic rings. The van der Waals surface area contributed by atoms with Crippen molar-refractivity contribution in [2.24, 2.45) is 0 Å². The van der Waals surface area contributed by atoms with E-state index in [1.54, 1.807) is 42.6 Å². The summed E-state index contributed by atoms with van der Waals surface area (Å²) in [5.74, 6) is -0.155. The van der Waals surface area contributed by atoms with Gasteiger partial charge in [-0.05, 0) is 42.3 Å². The molecule has 0 radical (unpaired) electrons. The number of hydrogen-bond donors (Lipinski definition) is 2. The predicted molar refractivity (Wildman–Crippen MR) is 101 cm³/mol. The number of carbonyl (C=O) groups is 1. The van der Waals surface area contributed by atoms with E-state index in [9.17, 15) is 13.2 Å². The van der Waals surface area contributed by atoms with Gasteiger partial charge in [-0.25, -0.2) is 13.1 Å². The van der Waals surface area contributed by atoms with Gasteiger partial charge in [0.2, 0.25) is 15.9 Å². The summed E-state index contributed by atoms with van der Waals surface area (Å²) in [6.07, 6.45) is 1.65. The van der Waals surface area contributed by atoms with Crippen LogP contribution in [0, 0.1) is 6.92 Å². The second-order valence-electron chi connectivity index (χ2n) is 6.04. The minimum absolute atomic E-state index is 0.144. The van der Waals surface area contributed by atoms with Crippen LogP contribution in [0.25, 0.3) is 10.9 Å². The first-order valence-corrected chi connectivity index (χ1v) is 9.55. The molecule has 2 aromatic carbocycles. The topological polar surface area (TPSA) is 88.2 Å². The Balaban J connectivity index is 1.80. The van der Waals surface area contributed by atoms with Crippen molar-refractivity contribution < 1.29 is 13.2 Å². The van der Waals surface area contributed by atoms with E-state index in [4.69, 9.17) is 0 Å². The highest BCUT2D eigenvalue weighted by Gasteiger charge is 2.18. The highest BCUT2D eigenvalue weighted by atomic mass is 32.2. The molecular weight excluding hydrogens is 350 g/mol. The molecule has 0 aliphatic rings. The lowest BCUT2D eigenvalue weighted by atomic mass is 10.2. The van der Waals surface area contributed by atoms with Crippen LogP contribution in [0.1, 0.15) is 18.1 Å². The van der Waals surface area contributed by atoms with Crippen molar-refractivity contribution in [1.29, 1.82) is 0 Å². The smallest absolute Gasteiger partial charge is 0.243 e. The van der Waals surface area contributed by atoms with Gasteiger partial charge in [-0.2, -0.15) is 0 Å². The Morgan fingerprint density at radius 3 is 2.54 bits per heavy atom. The van der Waals surface area contributed by atoms with Crippen molar-refractivity contribution in [3.05, 3.63) is 65.9 Å². The van der Waals surface area contributed by atoms with Crippen LogP contribution >= 0.6 is 0 Å². The molecule has 0 spiro atoms. The zero-order chi connectivity index (χ0) is 18.7. The molecule has 2 N–H and O–H groups in total. The number of rotatable bonds is 5. The maximum Gasteiger partial charge on any atom is 0.243 e. The number of sulfonamides is 1. The minimum Gasteiger partial charge on any atom is -0.326 e. The number of aryl methyl sites for hydroxylation is 1. The van der Waals surface area contributed by atoms with Crippen molar-refractivity contribution in [3.63, 3.8) is 0 Å². The number of aromatic nitrogens is 1. The number of anilines is 1. The van der Waals surface area contributed by atoms with Gasteiger partial charge in [0.05, 0.1) is 5.52 Å². The number of pyridine rings is 1. The summed E-state index contributed by atoms with van der Waals surface area (Å²) >= 11 is 0. The van der Waals surface area contributed by atoms with Crippen LogP contribution in [-0.2, 0) is 21.4 Å². The Bertz CT molecular complexity index is 1060. The lowest BCUT2D eigenvalue weighted by molar-refractivity contribution is -0.114. The molecule has 7 heteroatoms. The number of para-hydroxylation sites is 1. The summed E-state index contributed by atoms with van der Waals surface area (Å²) < 4.78 is 28.0. The Morgan fingerprint density at radius 2 is 1.85 bits per heavy atom. The van der Waals surface area contributed by atoms with Crippen LogP contribution in [0.3, 0.4) is 0 Å². The lowest BCUT2D eigenvalue weighted by Gasteiger charge is -2.10. The fourth-order valence-corrected chi connectivity index (χ4v) is 3.82. The number of hydrogen-bond acceptors (Lipinski definition) is 4. The van der Waals surface area contributed by atoms with E-state index in [2.05, 4.69) is 15.0 Å². The molecule has 1 aromatic heterocycles. The molecule has 1 amide bonds. The highest BCUT2D eigenvalue weighted by molar-refractivity contribution is 7.89. The van der Waals surface area contributed by atoms with Crippen LogP contribution < -0.4 is 10.0 Å². The minimum atomic E-state index is -3.71. The fraction of sp³-hybridized carbons (Fsp3) is 0.158. The third kappa shape index (κ3) is 4.07. The number of fused-ring (bicyclic) bond motifs is 1. The monoisotopic (exact) mass is 369 g/mol. The molecule has 0 atom stereocenters. The highest BCUT2D eigenvalue weighted by Crippen LogP contribution is 2.22. The molecule has 134 valence electrons. The first kappa shape index (κ1) is 18.0. The summed E-state index contributed by atoms with van der Waals surface area (Å²) in [6, 6.07) is 14.0. The molecule has 0 saturated heterocycles. The number of carbonyl (C=O) groups excluding carboxylic acids is 1. The Morgan fingerprint density at radius 1 is 1.12 bits per heavy atom. The zero-order valence-electron chi connectivity index (χ0n) is 14.5. The van der Waals surface area contributed by atoms with Crippen LogP contribution in [0.15, 0.2) is 59.6 Å². The molecule has 3 rings (SSSR count). The first-order chi connectivity index (χ1) is 12.3. The van der Waals surface area contributed by atoms with Gasteiger partial charge < -0.3 is 5.32 Å². The molecule has 0 fully saturated rings. The average Bonchev–Trinajstić information content (AvgIpc) is 2.60. The maximum atomic E-state index is 12.7. The molecular formula is C19H19N3O3S. The molecule has 1 heterocycles. The second kappa shape index (κ2) is 7.23. The molecule has 6 nitrogen and oxygen atoms in total. The fourth-order valence-electron chi connectivity index (χ4n) is 2.62. The summed E-state index contributed by atoms with van der Waals surface area (Å²) in [7, 11) is -3.71. The van der Waals surface area contributed by atoms with Gasteiger partial charge in [0.25, 0.3) is 0 Å². The molecule has 0 aliphatic heterocycles. The van der Waals surface area contributed by atoms with E-state index in [1.165, 1.54) is 6.92 Å². The van der Waals surface area contributed by atoms with Gasteiger partial charge in [0, 0.05) is 30.7 Å². The number of nitrogens with one attached hydrogen (secondary N) is 2. The van der Waals surface area contributed by atoms with Gasteiger partial charge in [-0.3, -0.25) is 9.78 Å². The summed E-state index contributed by atoms with van der Waals surface area (Å²) in [4.78, 5) is 15.5. The van der Waals surface area contributed by atoms with Crippen molar-refractivity contribution in [1.82, 2.24) is 9.71 Å². The van der Waals surface area contributed by atoms with Crippen LogP contribution in [0.4, 0.5) is 5.69 Å². The lowest BCUT2D eigenvalue weighted by Crippen LogP contribution is -2.23. The van der Waals surface area contributed by atoms with Crippen molar-refractivity contribution in [3.8, 4) is 0 Å². The van der Waals surface area contributed by atoms with Crippen LogP contribution in [-0.4, -0.2) is 19.3 Å². The normalized spacial score (nSPS) is 11.5. The summed E-state index contributed by atoms with van der Waals surface area (Å²) in [6.45, 7) is 3.49. The standard InChI is InChI=1S/C19H19N3O3S/c1-13-10-16-4-3-5-18(19(16)20-11-13)26(24,25)21-12-15-6-8-17(9-7-15)22-14(2)23/h3-11,21H,12H2,1-2H3,(H,22,23). The van der Waals surface area contributed by atoms with E-state index >= 15 is 0 Å². The van der Waals surface area contributed by atoms with Crippen molar-refractivity contribution in [2.75, 3.05) is 5.32 Å². The quantitative estimate of drug-likeness (QED) is 0.724. The SMILES string of the molecule is CC(=O)Nc1ccc(CNS(=O)(=O)c2cccc3cc(C)cnc23)cc1. The summed E-state index contributed by atoms with van der Waals surface area (Å²) in [5, 5.41) is 3.45. The molecule has 0 bridgehead atoms. The molecule has 0 aliphatic carbocycles. The summed E-state index contributed by atoms with van der Waals surface area (Å²) in [5.41, 5.74) is 2.87. The van der Waals surface area contributed by atoms with E-state index in [0.29, 0.717) is 11.2 Å². The Kier molecular flexibility index (Phi) is 5.01. The molecule has 26 heavy (non-hydrogen) atoms. The number of nitrogens with zero attached hydrogens (tertiary/aromatic N) is 1. The van der Waals surface area contributed by atoms with E-state index in [1.807, 2.05) is 19.1 Å². The largest absolute Gasteiger partial charge is 0.326 e. The van der Waals surface area contributed by atoms with E-state index < -0.39 is 10.0 Å². The molecule has 0 saturated carbocycles. The first-order valence-electron chi connectivity index (χ1n) is 8.07. The third-order valence-electron chi connectivity index (χ3n) is 3.84. The predicted octanol–water partition coefficient (Wildman–Crippen LogP) is 2.98. The van der Waals surface area contributed by atoms with E-state index in [0.717, 1.165) is 16.5 Å². The second-order valence-corrected chi connectivity index (χ2v) is 7.78. The Labute approximate surface area is 152 Å². The van der Waals surface area contributed by atoms with Gasteiger partial charge in [-0.1, -0.05) is 24.3 Å². The number of benzene rings is 2. The maximum absolute atomic E-state index is 12.7. The third-order valence-corrected chi connectivity index (χ3v) is 5.27. The van der Waals surface area contributed by atoms with Crippen LogP contribution in [0.5, 0.6) is 0 Å². The van der Waals surface area contributed by atoms with Gasteiger partial charge >= 0.3 is 0 Å². The van der Waals surface area contributed by atoms with Gasteiger partial charge in [0.1, 0.15) is 4.90 Å². The molecule has 0 unspecified atom stereocenters. The zero-order valence-corrected chi connectivity index (χ0v) is 15.3. The Hall–Kier alpha value is -2.77. The van der Waals surface area contributed by atoms with E-state index in [-0.39, 0.29) is 17.3 Å². The van der Waals surface area contributed by atoms with Crippen molar-refractivity contribution >= 4 is 32.5 Å². The van der Waals surface area contributed by atoms with Crippen molar-refractivity contribution in [2.45, 2.75) is 25.3 Å². The van der Waals surface area contributed by atoms with Crippen LogP contribution in [0.2, 0.25) is 0 Å². The average molecular weight is 369 g/mol. The van der Waals surface area contributed by atoms with Gasteiger partial charge in [-0.15, -0.1) is 0 Å². The number of amides is 1.